The largest absolute Gasteiger partial charge is 0.301 e. The molecule has 2 heterocycles. The molecule has 0 radical (unpaired) electrons. The van der Waals surface area contributed by atoms with Gasteiger partial charge in [-0.05, 0) is 54.4 Å². The molecule has 6 aromatic rings. The third kappa shape index (κ3) is 3.89. The van der Waals surface area contributed by atoms with Crippen LogP contribution in [0.5, 0.6) is 0 Å². The number of halogens is 1. The number of aryl methyl sites for hydroxylation is 1. The van der Waals surface area contributed by atoms with Gasteiger partial charge < -0.3 is 0 Å². The van der Waals surface area contributed by atoms with Crippen molar-refractivity contribution in [3.05, 3.63) is 130 Å². The second-order valence-electron chi connectivity index (χ2n) is 8.62. The van der Waals surface area contributed by atoms with E-state index < -0.39 is 0 Å². The van der Waals surface area contributed by atoms with E-state index in [-0.39, 0.29) is 5.56 Å². The van der Waals surface area contributed by atoms with E-state index in [2.05, 4.69) is 22.1 Å². The Kier molecular flexibility index (Phi) is 5.47. The minimum Gasteiger partial charge on any atom is -0.284 e. The Morgan fingerprint density at radius 2 is 1.31 bits per heavy atom. The molecule has 0 spiro atoms. The summed E-state index contributed by atoms with van der Waals surface area (Å²) in [5.41, 5.74) is 6.49. The molecule has 4 aromatic carbocycles. The number of hydrogen-bond donors (Lipinski definition) is 0. The third-order valence-electron chi connectivity index (χ3n) is 6.22. The van der Waals surface area contributed by atoms with Crippen LogP contribution in [0.25, 0.3) is 45.1 Å². The SMILES string of the molecule is Cc1ccc(-n2cnc3c(=O)nc(-c4ccc(-c5ccccc5)cc4)n(-c4ccc(Cl)cc4)c32)cc1. The monoisotopic (exact) mass is 488 g/mol. The van der Waals surface area contributed by atoms with Crippen molar-refractivity contribution in [3.63, 3.8) is 0 Å². The summed E-state index contributed by atoms with van der Waals surface area (Å²) in [6, 6.07) is 33.9. The number of hydrogen-bond acceptors (Lipinski definition) is 3. The van der Waals surface area contributed by atoms with Gasteiger partial charge in [-0.1, -0.05) is 83.9 Å². The summed E-state index contributed by atoms with van der Waals surface area (Å²) in [6.45, 7) is 2.04. The molecule has 0 amide bonds. The van der Waals surface area contributed by atoms with E-state index >= 15 is 0 Å². The van der Waals surface area contributed by atoms with Gasteiger partial charge >= 0.3 is 5.56 Å². The van der Waals surface area contributed by atoms with E-state index in [1.165, 1.54) is 0 Å². The van der Waals surface area contributed by atoms with E-state index in [4.69, 9.17) is 11.6 Å². The fourth-order valence-electron chi connectivity index (χ4n) is 4.37. The first kappa shape index (κ1) is 22.0. The highest BCUT2D eigenvalue weighted by molar-refractivity contribution is 6.30. The highest BCUT2D eigenvalue weighted by Crippen LogP contribution is 2.29. The molecule has 6 heteroatoms. The third-order valence-corrected chi connectivity index (χ3v) is 6.48. The predicted molar refractivity (Wildman–Crippen MR) is 145 cm³/mol. The van der Waals surface area contributed by atoms with E-state index in [9.17, 15) is 4.79 Å². The van der Waals surface area contributed by atoms with Gasteiger partial charge in [0.05, 0.1) is 0 Å². The molecule has 2 aromatic heterocycles. The molecule has 0 saturated carbocycles. The molecule has 0 aliphatic rings. The number of fused-ring (bicyclic) bond motifs is 1. The smallest absolute Gasteiger partial charge is 0.284 e. The van der Waals surface area contributed by atoms with E-state index in [0.29, 0.717) is 22.0 Å². The molecule has 0 saturated heterocycles. The maximum Gasteiger partial charge on any atom is 0.301 e. The predicted octanol–water partition coefficient (Wildman–Crippen LogP) is 6.87. The Labute approximate surface area is 212 Å². The number of benzene rings is 4. The molecule has 0 bridgehead atoms. The molecule has 0 N–H and O–H groups in total. The van der Waals surface area contributed by atoms with Crippen LogP contribution in [0.2, 0.25) is 5.02 Å². The van der Waals surface area contributed by atoms with Crippen molar-refractivity contribution in [1.29, 1.82) is 0 Å². The summed E-state index contributed by atoms with van der Waals surface area (Å²) >= 11 is 6.20. The summed E-state index contributed by atoms with van der Waals surface area (Å²) in [5, 5.41) is 0.629. The van der Waals surface area contributed by atoms with E-state index in [0.717, 1.165) is 33.6 Å². The van der Waals surface area contributed by atoms with Crippen LogP contribution in [0.4, 0.5) is 0 Å². The molecule has 36 heavy (non-hydrogen) atoms. The van der Waals surface area contributed by atoms with Crippen LogP contribution >= 0.6 is 11.6 Å². The van der Waals surface area contributed by atoms with E-state index in [1.807, 2.05) is 107 Å². The summed E-state index contributed by atoms with van der Waals surface area (Å²) in [5.74, 6) is 0.531. The second kappa shape index (κ2) is 8.95. The first-order valence-corrected chi connectivity index (χ1v) is 12.0. The van der Waals surface area contributed by atoms with Crippen molar-refractivity contribution in [2.45, 2.75) is 6.92 Å². The summed E-state index contributed by atoms with van der Waals surface area (Å²) in [6.07, 6.45) is 1.67. The van der Waals surface area contributed by atoms with Crippen LogP contribution in [-0.4, -0.2) is 19.1 Å². The minimum atomic E-state index is -0.372. The van der Waals surface area contributed by atoms with Crippen LogP contribution < -0.4 is 5.56 Å². The molecule has 174 valence electrons. The van der Waals surface area contributed by atoms with Gasteiger partial charge in [0.15, 0.2) is 11.2 Å². The number of aromatic nitrogens is 4. The molecule has 5 nitrogen and oxygen atoms in total. The number of nitrogens with zero attached hydrogens (tertiary/aromatic N) is 4. The van der Waals surface area contributed by atoms with Crippen molar-refractivity contribution in [3.8, 4) is 33.9 Å². The Morgan fingerprint density at radius 3 is 2.00 bits per heavy atom. The van der Waals surface area contributed by atoms with Crippen LogP contribution in [-0.2, 0) is 0 Å². The average Bonchev–Trinajstić information content (AvgIpc) is 3.36. The maximum absolute atomic E-state index is 13.2. The van der Waals surface area contributed by atoms with Gasteiger partial charge in [0.1, 0.15) is 12.2 Å². The van der Waals surface area contributed by atoms with Gasteiger partial charge in [-0.3, -0.25) is 13.9 Å². The van der Waals surface area contributed by atoms with Gasteiger partial charge in [0, 0.05) is 22.0 Å². The summed E-state index contributed by atoms with van der Waals surface area (Å²) in [4.78, 5) is 22.1. The van der Waals surface area contributed by atoms with Gasteiger partial charge in [-0.15, -0.1) is 0 Å². The zero-order chi connectivity index (χ0) is 24.6. The van der Waals surface area contributed by atoms with Gasteiger partial charge in [-0.25, -0.2) is 4.98 Å². The number of imidazole rings is 1. The van der Waals surface area contributed by atoms with Crippen molar-refractivity contribution in [2.75, 3.05) is 0 Å². The lowest BCUT2D eigenvalue weighted by Gasteiger charge is -2.17. The molecular formula is C30H21ClN4O. The number of rotatable bonds is 4. The van der Waals surface area contributed by atoms with Gasteiger partial charge in [0.2, 0.25) is 0 Å². The van der Waals surface area contributed by atoms with Crippen LogP contribution in [0.15, 0.2) is 114 Å². The normalized spacial score (nSPS) is 11.2. The molecule has 0 unspecified atom stereocenters. The van der Waals surface area contributed by atoms with E-state index in [1.54, 1.807) is 6.33 Å². The zero-order valence-electron chi connectivity index (χ0n) is 19.5. The minimum absolute atomic E-state index is 0.301. The fraction of sp³-hybridized carbons (Fsp3) is 0.0333. The Hall–Kier alpha value is -4.48. The molecular weight excluding hydrogens is 468 g/mol. The Balaban J connectivity index is 1.62. The fourth-order valence-corrected chi connectivity index (χ4v) is 4.50. The lowest BCUT2D eigenvalue weighted by atomic mass is 10.0. The van der Waals surface area contributed by atoms with Crippen molar-refractivity contribution < 1.29 is 0 Å². The average molecular weight is 489 g/mol. The molecule has 0 aliphatic carbocycles. The Bertz CT molecular complexity index is 1740. The van der Waals surface area contributed by atoms with Crippen LogP contribution in [0.3, 0.4) is 0 Å². The van der Waals surface area contributed by atoms with Crippen molar-refractivity contribution >= 4 is 22.8 Å². The lowest BCUT2D eigenvalue weighted by molar-refractivity contribution is 0.969. The molecule has 6 rings (SSSR count). The standard InChI is InChI=1S/C30H21ClN4O/c1-20-7-15-25(16-8-20)34-19-32-27-29(36)33-28(35(30(27)34)26-17-13-24(31)14-18-26)23-11-9-22(10-12-23)21-5-3-2-4-6-21/h2-19H,1H3. The quantitative estimate of drug-likeness (QED) is 0.272. The Morgan fingerprint density at radius 1 is 0.694 bits per heavy atom. The summed E-state index contributed by atoms with van der Waals surface area (Å²) < 4.78 is 3.89. The van der Waals surface area contributed by atoms with Crippen LogP contribution in [0, 0.1) is 6.92 Å². The van der Waals surface area contributed by atoms with Gasteiger partial charge in [0.25, 0.3) is 0 Å². The first-order valence-electron chi connectivity index (χ1n) is 11.6. The zero-order valence-corrected chi connectivity index (χ0v) is 20.2. The summed E-state index contributed by atoms with van der Waals surface area (Å²) in [7, 11) is 0. The maximum atomic E-state index is 13.2. The highest BCUT2D eigenvalue weighted by atomic mass is 35.5. The molecule has 0 atom stereocenters. The van der Waals surface area contributed by atoms with Crippen LogP contribution in [0.1, 0.15) is 5.56 Å². The van der Waals surface area contributed by atoms with Gasteiger partial charge in [-0.2, -0.15) is 4.98 Å². The van der Waals surface area contributed by atoms with Crippen molar-refractivity contribution in [1.82, 2.24) is 19.1 Å². The topological polar surface area (TPSA) is 52.7 Å². The molecule has 0 fully saturated rings. The second-order valence-corrected chi connectivity index (χ2v) is 9.05. The van der Waals surface area contributed by atoms with Crippen molar-refractivity contribution in [2.24, 2.45) is 0 Å². The molecule has 0 aliphatic heterocycles. The highest BCUT2D eigenvalue weighted by Gasteiger charge is 2.19. The first-order chi connectivity index (χ1) is 17.6. The lowest BCUT2D eigenvalue weighted by Crippen LogP contribution is -2.17.